The van der Waals surface area contributed by atoms with Crippen molar-refractivity contribution in [1.82, 2.24) is 10.2 Å². The van der Waals surface area contributed by atoms with Crippen molar-refractivity contribution in [3.05, 3.63) is 20.3 Å². The van der Waals surface area contributed by atoms with E-state index in [0.717, 1.165) is 35.5 Å². The number of hydrogen-bond donors (Lipinski definition) is 1. The number of carbonyl (C=O) groups excluding carboxylic acids is 1. The summed E-state index contributed by atoms with van der Waals surface area (Å²) in [5.74, 6) is 0.146. The summed E-state index contributed by atoms with van der Waals surface area (Å²) in [6, 6.07) is 1.96. The summed E-state index contributed by atoms with van der Waals surface area (Å²) in [5, 5.41) is 3.24. The fourth-order valence-corrected chi connectivity index (χ4v) is 3.44. The number of halogens is 1. The number of nitrogens with zero attached hydrogens (tertiary/aromatic N) is 1. The van der Waals surface area contributed by atoms with Crippen LogP contribution < -0.4 is 5.32 Å². The molecule has 5 heteroatoms. The van der Waals surface area contributed by atoms with Crippen LogP contribution in [0.3, 0.4) is 0 Å². The summed E-state index contributed by atoms with van der Waals surface area (Å²) < 4.78 is 0.948. The number of amides is 1. The highest BCUT2D eigenvalue weighted by Gasteiger charge is 2.21. The third-order valence-corrected chi connectivity index (χ3v) is 4.20. The lowest BCUT2D eigenvalue weighted by Gasteiger charge is -2.27. The van der Waals surface area contributed by atoms with E-state index in [-0.39, 0.29) is 5.91 Å². The molecule has 0 aromatic carbocycles. The monoisotopic (exact) mass is 288 g/mol. The van der Waals surface area contributed by atoms with E-state index in [1.165, 1.54) is 4.88 Å². The summed E-state index contributed by atoms with van der Waals surface area (Å²) in [5.41, 5.74) is 0.805. The normalized spacial score (nSPS) is 16.8. The van der Waals surface area contributed by atoms with Gasteiger partial charge in [-0.05, 0) is 28.9 Å². The molecule has 1 aromatic rings. The van der Waals surface area contributed by atoms with E-state index in [1.807, 2.05) is 17.9 Å². The zero-order chi connectivity index (χ0) is 10.8. The molecule has 0 unspecified atom stereocenters. The van der Waals surface area contributed by atoms with E-state index >= 15 is 0 Å². The fourth-order valence-electron chi connectivity index (χ4n) is 1.67. The fraction of sp³-hybridized carbons (Fsp3) is 0.500. The maximum atomic E-state index is 12.1. The summed E-state index contributed by atoms with van der Waals surface area (Å²) in [6.07, 6.45) is 0. The first-order chi connectivity index (χ1) is 7.18. The molecule has 1 aliphatic heterocycles. The Balaban J connectivity index is 2.16. The molecule has 15 heavy (non-hydrogen) atoms. The summed E-state index contributed by atoms with van der Waals surface area (Å²) in [6.45, 7) is 5.42. The van der Waals surface area contributed by atoms with Gasteiger partial charge >= 0.3 is 0 Å². The number of carbonyl (C=O) groups is 1. The summed E-state index contributed by atoms with van der Waals surface area (Å²) in [4.78, 5) is 15.2. The van der Waals surface area contributed by atoms with Gasteiger partial charge in [0, 0.05) is 31.1 Å². The van der Waals surface area contributed by atoms with Crippen molar-refractivity contribution < 1.29 is 4.79 Å². The Hall–Kier alpha value is -0.390. The van der Waals surface area contributed by atoms with Crippen molar-refractivity contribution >= 4 is 33.2 Å². The van der Waals surface area contributed by atoms with Gasteiger partial charge in [-0.3, -0.25) is 4.79 Å². The van der Waals surface area contributed by atoms with E-state index < -0.39 is 0 Å². The third-order valence-electron chi connectivity index (χ3n) is 2.44. The molecule has 2 heterocycles. The van der Waals surface area contributed by atoms with Gasteiger partial charge in [-0.25, -0.2) is 0 Å². The van der Waals surface area contributed by atoms with Crippen LogP contribution in [0.5, 0.6) is 0 Å². The minimum absolute atomic E-state index is 0.146. The van der Waals surface area contributed by atoms with Crippen LogP contribution in [0.1, 0.15) is 15.2 Å². The van der Waals surface area contributed by atoms with E-state index in [2.05, 4.69) is 21.2 Å². The minimum atomic E-state index is 0.146. The van der Waals surface area contributed by atoms with Gasteiger partial charge in [0.15, 0.2) is 0 Å². The largest absolute Gasteiger partial charge is 0.336 e. The number of nitrogens with one attached hydrogen (secondary N) is 1. The van der Waals surface area contributed by atoms with Gasteiger partial charge in [-0.2, -0.15) is 0 Å². The second-order valence-corrected chi connectivity index (χ2v) is 6.16. The molecule has 1 N–H and O–H groups in total. The van der Waals surface area contributed by atoms with Crippen molar-refractivity contribution in [2.45, 2.75) is 6.92 Å². The number of hydrogen-bond acceptors (Lipinski definition) is 3. The highest BCUT2D eigenvalue weighted by atomic mass is 79.9. The molecule has 0 aliphatic carbocycles. The SMILES string of the molecule is Cc1cc(C(=O)N2CCNCC2)c(Br)s1. The summed E-state index contributed by atoms with van der Waals surface area (Å²) >= 11 is 5.05. The van der Waals surface area contributed by atoms with E-state index in [1.54, 1.807) is 11.3 Å². The molecule has 3 nitrogen and oxygen atoms in total. The maximum absolute atomic E-state index is 12.1. The maximum Gasteiger partial charge on any atom is 0.255 e. The molecule has 1 fully saturated rings. The molecule has 0 radical (unpaired) electrons. The number of aryl methyl sites for hydroxylation is 1. The summed E-state index contributed by atoms with van der Waals surface area (Å²) in [7, 11) is 0. The Labute approximate surface area is 102 Å². The number of piperazine rings is 1. The predicted molar refractivity (Wildman–Crippen MR) is 65.5 cm³/mol. The number of rotatable bonds is 1. The molecule has 0 spiro atoms. The average molecular weight is 289 g/mol. The first-order valence-corrected chi connectivity index (χ1v) is 6.55. The molecule has 0 bridgehead atoms. The van der Waals surface area contributed by atoms with Crippen LogP contribution in [0.4, 0.5) is 0 Å². The first kappa shape index (κ1) is 11.1. The lowest BCUT2D eigenvalue weighted by molar-refractivity contribution is 0.0735. The molecule has 0 atom stereocenters. The average Bonchev–Trinajstić information content (AvgIpc) is 2.58. The number of thiophene rings is 1. The first-order valence-electron chi connectivity index (χ1n) is 4.94. The molecule has 82 valence electrons. The second kappa shape index (κ2) is 4.63. The zero-order valence-corrected chi connectivity index (χ0v) is 10.9. The quantitative estimate of drug-likeness (QED) is 0.856. The smallest absolute Gasteiger partial charge is 0.255 e. The van der Waals surface area contributed by atoms with Gasteiger partial charge in [0.25, 0.3) is 5.91 Å². The topological polar surface area (TPSA) is 32.3 Å². The molecule has 1 amide bonds. The van der Waals surface area contributed by atoms with E-state index in [0.29, 0.717) is 0 Å². The van der Waals surface area contributed by atoms with Crippen LogP contribution in [-0.4, -0.2) is 37.0 Å². The molecule has 1 aromatic heterocycles. The van der Waals surface area contributed by atoms with Crippen LogP contribution in [0, 0.1) is 6.92 Å². The van der Waals surface area contributed by atoms with Crippen LogP contribution >= 0.6 is 27.3 Å². The highest BCUT2D eigenvalue weighted by molar-refractivity contribution is 9.11. The van der Waals surface area contributed by atoms with Gasteiger partial charge in [-0.15, -0.1) is 11.3 Å². The Morgan fingerprint density at radius 2 is 2.20 bits per heavy atom. The lowest BCUT2D eigenvalue weighted by Crippen LogP contribution is -2.46. The van der Waals surface area contributed by atoms with Crippen molar-refractivity contribution in [3.8, 4) is 0 Å². The standard InChI is InChI=1S/C10H13BrN2OS/c1-7-6-8(9(11)15-7)10(14)13-4-2-12-3-5-13/h6,12H,2-5H2,1H3. The Kier molecular flexibility index (Phi) is 3.43. The van der Waals surface area contributed by atoms with Gasteiger partial charge in [0.05, 0.1) is 9.35 Å². The molecular formula is C10H13BrN2OS. The van der Waals surface area contributed by atoms with Gasteiger partial charge in [-0.1, -0.05) is 0 Å². The Morgan fingerprint density at radius 3 is 2.73 bits per heavy atom. The van der Waals surface area contributed by atoms with Crippen molar-refractivity contribution in [1.29, 1.82) is 0 Å². The van der Waals surface area contributed by atoms with Crippen molar-refractivity contribution in [3.63, 3.8) is 0 Å². The molecular weight excluding hydrogens is 276 g/mol. The molecule has 2 rings (SSSR count). The molecule has 0 saturated carbocycles. The third kappa shape index (κ3) is 2.41. The van der Waals surface area contributed by atoms with Crippen LogP contribution in [0.25, 0.3) is 0 Å². The van der Waals surface area contributed by atoms with Crippen molar-refractivity contribution in [2.75, 3.05) is 26.2 Å². The van der Waals surface area contributed by atoms with Crippen LogP contribution in [-0.2, 0) is 0 Å². The Morgan fingerprint density at radius 1 is 1.53 bits per heavy atom. The van der Waals surface area contributed by atoms with E-state index in [4.69, 9.17) is 0 Å². The molecule has 1 aliphatic rings. The predicted octanol–water partition coefficient (Wildman–Crippen LogP) is 1.86. The van der Waals surface area contributed by atoms with Crippen molar-refractivity contribution in [2.24, 2.45) is 0 Å². The second-order valence-electron chi connectivity index (χ2n) is 3.59. The molecule has 1 saturated heterocycles. The minimum Gasteiger partial charge on any atom is -0.336 e. The highest BCUT2D eigenvalue weighted by Crippen LogP contribution is 2.28. The Bertz CT molecular complexity index is 371. The van der Waals surface area contributed by atoms with E-state index in [9.17, 15) is 4.79 Å². The van der Waals surface area contributed by atoms with Gasteiger partial charge in [0.2, 0.25) is 0 Å². The van der Waals surface area contributed by atoms with Crippen LogP contribution in [0.2, 0.25) is 0 Å². The van der Waals surface area contributed by atoms with Crippen LogP contribution in [0.15, 0.2) is 9.85 Å². The van der Waals surface area contributed by atoms with Gasteiger partial charge < -0.3 is 10.2 Å². The van der Waals surface area contributed by atoms with Gasteiger partial charge in [0.1, 0.15) is 0 Å². The zero-order valence-electron chi connectivity index (χ0n) is 8.55. The lowest BCUT2D eigenvalue weighted by atomic mass is 10.2.